The molecule has 0 atom stereocenters. The van der Waals surface area contributed by atoms with E-state index in [0.29, 0.717) is 6.08 Å². The second-order valence-electron chi connectivity index (χ2n) is 5.96. The van der Waals surface area contributed by atoms with Crippen molar-refractivity contribution in [2.45, 2.75) is 25.2 Å². The molecule has 1 aromatic rings. The highest BCUT2D eigenvalue weighted by atomic mass is 19.4. The summed E-state index contributed by atoms with van der Waals surface area (Å²) in [4.78, 5) is 22.7. The number of carbonyl (C=O) groups is 2. The molecule has 0 fully saturated rings. The van der Waals surface area contributed by atoms with E-state index in [1.807, 2.05) is 0 Å². The molecule has 0 radical (unpaired) electrons. The number of aliphatic carboxylic acids is 2. The van der Waals surface area contributed by atoms with Gasteiger partial charge in [0.1, 0.15) is 0 Å². The van der Waals surface area contributed by atoms with E-state index in [1.54, 1.807) is 0 Å². The summed E-state index contributed by atoms with van der Waals surface area (Å²) in [5, 5.41) is 18.3. The number of benzene rings is 1. The molecule has 0 saturated heterocycles. The van der Waals surface area contributed by atoms with Gasteiger partial charge in [-0.15, -0.1) is 0 Å². The monoisotopic (exact) mass is 382 g/mol. The number of allylic oxidation sites excluding steroid dienone is 2. The van der Waals surface area contributed by atoms with Gasteiger partial charge in [0.2, 0.25) is 0 Å². The normalized spacial score (nSPS) is 19.5. The zero-order valence-electron chi connectivity index (χ0n) is 12.9. The molecule has 142 valence electrons. The molecule has 0 heterocycles. The van der Waals surface area contributed by atoms with Crippen molar-refractivity contribution >= 4 is 17.5 Å². The number of halogens is 6. The molecule has 0 bridgehead atoms. The van der Waals surface area contributed by atoms with Gasteiger partial charge in [-0.05, 0) is 17.6 Å². The van der Waals surface area contributed by atoms with Crippen LogP contribution in [0.25, 0.3) is 5.57 Å². The van der Waals surface area contributed by atoms with E-state index in [2.05, 4.69) is 0 Å². The molecule has 2 rings (SSSR count). The Balaban J connectivity index is 2.88. The molecular weight excluding hydrogens is 370 g/mol. The van der Waals surface area contributed by atoms with E-state index in [-0.39, 0.29) is 0 Å². The SMILES string of the molecule is O=C(O)C1(C(=O)O)CC=C(c2ccccc2)C(C(F)(F)F)(C(F)(F)F)C1. The Morgan fingerprint density at radius 1 is 0.885 bits per heavy atom. The molecule has 4 nitrogen and oxygen atoms in total. The van der Waals surface area contributed by atoms with Gasteiger partial charge in [-0.25, -0.2) is 0 Å². The summed E-state index contributed by atoms with van der Waals surface area (Å²) in [7, 11) is 0. The highest BCUT2D eigenvalue weighted by Crippen LogP contribution is 2.65. The van der Waals surface area contributed by atoms with Gasteiger partial charge in [-0.2, -0.15) is 26.3 Å². The molecule has 0 aromatic heterocycles. The Morgan fingerprint density at radius 3 is 1.73 bits per heavy atom. The first kappa shape index (κ1) is 19.8. The van der Waals surface area contributed by atoms with Crippen LogP contribution in [0.2, 0.25) is 0 Å². The second kappa shape index (κ2) is 6.03. The van der Waals surface area contributed by atoms with Crippen molar-refractivity contribution in [2.24, 2.45) is 10.8 Å². The molecule has 0 aliphatic heterocycles. The summed E-state index contributed by atoms with van der Waals surface area (Å²) >= 11 is 0. The molecular formula is C16H12F6O4. The third-order valence-electron chi connectivity index (χ3n) is 4.55. The predicted molar refractivity (Wildman–Crippen MR) is 75.9 cm³/mol. The number of hydrogen-bond donors (Lipinski definition) is 2. The highest BCUT2D eigenvalue weighted by Gasteiger charge is 2.76. The van der Waals surface area contributed by atoms with Gasteiger partial charge < -0.3 is 10.2 Å². The Morgan fingerprint density at radius 2 is 1.35 bits per heavy atom. The topological polar surface area (TPSA) is 74.6 Å². The molecule has 0 saturated carbocycles. The zero-order valence-corrected chi connectivity index (χ0v) is 12.9. The van der Waals surface area contributed by atoms with E-state index in [0.717, 1.165) is 12.1 Å². The van der Waals surface area contributed by atoms with Crippen LogP contribution in [0, 0.1) is 10.8 Å². The van der Waals surface area contributed by atoms with Crippen molar-refractivity contribution in [3.05, 3.63) is 42.0 Å². The lowest BCUT2D eigenvalue weighted by Crippen LogP contribution is -2.58. The van der Waals surface area contributed by atoms with E-state index in [4.69, 9.17) is 10.2 Å². The maximum Gasteiger partial charge on any atom is 0.407 e. The van der Waals surface area contributed by atoms with Crippen molar-refractivity contribution in [1.29, 1.82) is 0 Å². The van der Waals surface area contributed by atoms with Crippen LogP contribution >= 0.6 is 0 Å². The van der Waals surface area contributed by atoms with Gasteiger partial charge >= 0.3 is 24.3 Å². The summed E-state index contributed by atoms with van der Waals surface area (Å²) in [5.74, 6) is -4.52. The summed E-state index contributed by atoms with van der Waals surface area (Å²) in [6, 6.07) is 5.88. The molecule has 0 unspecified atom stereocenters. The minimum atomic E-state index is -5.97. The lowest BCUT2D eigenvalue weighted by atomic mass is 9.59. The second-order valence-corrected chi connectivity index (χ2v) is 5.96. The lowest BCUT2D eigenvalue weighted by molar-refractivity contribution is -0.324. The summed E-state index contributed by atoms with van der Waals surface area (Å²) in [6.07, 6.45) is -14.7. The van der Waals surface area contributed by atoms with Crippen LogP contribution in [-0.4, -0.2) is 34.5 Å². The van der Waals surface area contributed by atoms with Crippen LogP contribution < -0.4 is 0 Å². The first-order valence-corrected chi connectivity index (χ1v) is 7.16. The maximum atomic E-state index is 13.8. The first-order chi connectivity index (χ1) is 11.8. The van der Waals surface area contributed by atoms with Crippen molar-refractivity contribution in [1.82, 2.24) is 0 Å². The Labute approximate surface area is 142 Å². The molecule has 1 aliphatic carbocycles. The van der Waals surface area contributed by atoms with Crippen molar-refractivity contribution < 1.29 is 46.1 Å². The Kier molecular flexibility index (Phi) is 4.59. The van der Waals surface area contributed by atoms with E-state index < -0.39 is 59.1 Å². The third kappa shape index (κ3) is 2.73. The molecule has 0 spiro atoms. The molecule has 26 heavy (non-hydrogen) atoms. The van der Waals surface area contributed by atoms with Crippen LogP contribution in [0.4, 0.5) is 26.3 Å². The lowest BCUT2D eigenvalue weighted by Gasteiger charge is -2.46. The molecule has 0 amide bonds. The Bertz CT molecular complexity index is 720. The van der Waals surface area contributed by atoms with Gasteiger partial charge in [-0.3, -0.25) is 9.59 Å². The summed E-state index contributed by atoms with van der Waals surface area (Å²) in [6.45, 7) is 0. The highest BCUT2D eigenvalue weighted by molar-refractivity contribution is 6.00. The van der Waals surface area contributed by atoms with Crippen LogP contribution in [0.5, 0.6) is 0 Å². The third-order valence-corrected chi connectivity index (χ3v) is 4.55. The largest absolute Gasteiger partial charge is 0.480 e. The predicted octanol–water partition coefficient (Wildman–Crippen LogP) is 4.13. The number of carboxylic acid groups (broad SMARTS) is 2. The number of rotatable bonds is 3. The smallest absolute Gasteiger partial charge is 0.407 e. The van der Waals surface area contributed by atoms with Crippen molar-refractivity contribution in [2.75, 3.05) is 0 Å². The van der Waals surface area contributed by atoms with Crippen LogP contribution in [0.1, 0.15) is 18.4 Å². The fraction of sp³-hybridized carbons (Fsp3) is 0.375. The molecule has 1 aromatic carbocycles. The van der Waals surface area contributed by atoms with Crippen molar-refractivity contribution in [3.8, 4) is 0 Å². The van der Waals surface area contributed by atoms with E-state index >= 15 is 0 Å². The zero-order chi connectivity index (χ0) is 20.0. The van der Waals surface area contributed by atoms with Gasteiger partial charge in [0, 0.05) is 6.42 Å². The summed E-state index contributed by atoms with van der Waals surface area (Å²) in [5.41, 5.74) is -9.48. The van der Waals surface area contributed by atoms with Crippen LogP contribution in [-0.2, 0) is 9.59 Å². The fourth-order valence-corrected chi connectivity index (χ4v) is 3.14. The molecule has 10 heteroatoms. The minimum Gasteiger partial charge on any atom is -0.480 e. The van der Waals surface area contributed by atoms with Crippen LogP contribution in [0.15, 0.2) is 36.4 Å². The van der Waals surface area contributed by atoms with Gasteiger partial charge in [0.05, 0.1) is 0 Å². The number of alkyl halides is 6. The first-order valence-electron chi connectivity index (χ1n) is 7.16. The van der Waals surface area contributed by atoms with Crippen molar-refractivity contribution in [3.63, 3.8) is 0 Å². The average molecular weight is 382 g/mol. The van der Waals surface area contributed by atoms with Gasteiger partial charge in [0.25, 0.3) is 0 Å². The number of carboxylic acids is 2. The standard InChI is InChI=1S/C16H12F6O4/c17-15(18,19)14(16(20,21)22)8-13(11(23)24,12(25)26)7-6-10(14)9-4-2-1-3-5-9/h1-6H,7-8H2,(H,23,24)(H,25,26). The number of hydrogen-bond acceptors (Lipinski definition) is 2. The molecule has 2 N–H and O–H groups in total. The average Bonchev–Trinajstić information content (AvgIpc) is 2.52. The van der Waals surface area contributed by atoms with Gasteiger partial charge in [-0.1, -0.05) is 36.4 Å². The quantitative estimate of drug-likeness (QED) is 0.609. The summed E-state index contributed by atoms with van der Waals surface area (Å²) < 4.78 is 82.5. The van der Waals surface area contributed by atoms with Gasteiger partial charge in [0.15, 0.2) is 10.8 Å². The van der Waals surface area contributed by atoms with E-state index in [1.165, 1.54) is 18.2 Å². The maximum absolute atomic E-state index is 13.8. The fourth-order valence-electron chi connectivity index (χ4n) is 3.14. The minimum absolute atomic E-state index is 0.411. The molecule has 1 aliphatic rings. The van der Waals surface area contributed by atoms with E-state index in [9.17, 15) is 35.9 Å². The van der Waals surface area contributed by atoms with Crippen LogP contribution in [0.3, 0.4) is 0 Å². The Hall–Kier alpha value is -2.52.